The molecule has 0 radical (unpaired) electrons. The molecule has 1 N–H and O–H groups in total. The van der Waals surface area contributed by atoms with Crippen molar-refractivity contribution in [3.63, 3.8) is 0 Å². The van der Waals surface area contributed by atoms with Gasteiger partial charge < -0.3 is 24.4 Å². The number of aliphatic hydroxyl groups is 1. The van der Waals surface area contributed by atoms with E-state index in [1.54, 1.807) is 16.0 Å². The molecule has 3 heterocycles. The lowest BCUT2D eigenvalue weighted by Gasteiger charge is -2.38. The van der Waals surface area contributed by atoms with Gasteiger partial charge in [0.2, 0.25) is 11.8 Å². The number of hydrogen-bond donors (Lipinski definition) is 1. The van der Waals surface area contributed by atoms with E-state index >= 15 is 0 Å². The van der Waals surface area contributed by atoms with Gasteiger partial charge in [-0.3, -0.25) is 9.59 Å². The Morgan fingerprint density at radius 3 is 2.77 bits per heavy atom. The van der Waals surface area contributed by atoms with Crippen molar-refractivity contribution in [3.8, 4) is 5.88 Å². The number of likely N-dealkylation sites (N-methyl/N-ethyl adjacent to an activating group) is 1. The SMILES string of the molecule is C[C@H]1CN([C@@H](C)CO)C(=O)c2cc(C3=CCCCC3)cnc2O[C@H]1CN(C)C(=O)C1CCOCC1. The van der Waals surface area contributed by atoms with E-state index in [0.717, 1.165) is 37.7 Å². The zero-order chi connectivity index (χ0) is 24.9. The van der Waals surface area contributed by atoms with Crippen molar-refractivity contribution in [2.24, 2.45) is 11.8 Å². The van der Waals surface area contributed by atoms with Crippen molar-refractivity contribution in [2.45, 2.75) is 64.5 Å². The highest BCUT2D eigenvalue weighted by atomic mass is 16.5. The largest absolute Gasteiger partial charge is 0.472 e. The van der Waals surface area contributed by atoms with Gasteiger partial charge in [0.25, 0.3) is 5.91 Å². The van der Waals surface area contributed by atoms with Crippen LogP contribution in [0.5, 0.6) is 5.88 Å². The predicted octanol–water partition coefficient (Wildman–Crippen LogP) is 3.14. The van der Waals surface area contributed by atoms with Crippen molar-refractivity contribution in [1.82, 2.24) is 14.8 Å². The summed E-state index contributed by atoms with van der Waals surface area (Å²) in [5, 5.41) is 9.88. The Kier molecular flexibility index (Phi) is 8.44. The Bertz CT molecular complexity index is 943. The number of nitrogens with zero attached hydrogens (tertiary/aromatic N) is 3. The van der Waals surface area contributed by atoms with E-state index in [-0.39, 0.29) is 42.4 Å². The van der Waals surface area contributed by atoms with Gasteiger partial charge in [0, 0.05) is 44.8 Å². The number of ether oxygens (including phenoxy) is 2. The van der Waals surface area contributed by atoms with E-state index < -0.39 is 0 Å². The second kappa shape index (κ2) is 11.5. The lowest BCUT2D eigenvalue weighted by atomic mass is 9.93. The molecule has 35 heavy (non-hydrogen) atoms. The van der Waals surface area contributed by atoms with Crippen molar-refractivity contribution < 1.29 is 24.2 Å². The average Bonchev–Trinajstić information content (AvgIpc) is 2.90. The highest BCUT2D eigenvalue weighted by Crippen LogP contribution is 2.32. The minimum atomic E-state index is -0.337. The van der Waals surface area contributed by atoms with Crippen LogP contribution in [0.25, 0.3) is 5.57 Å². The molecule has 2 amide bonds. The second-order valence-corrected chi connectivity index (χ2v) is 10.3. The van der Waals surface area contributed by atoms with Gasteiger partial charge in [-0.25, -0.2) is 4.98 Å². The maximum absolute atomic E-state index is 13.6. The number of allylic oxidation sites excluding steroid dienone is 2. The highest BCUT2D eigenvalue weighted by molar-refractivity contribution is 5.97. The summed E-state index contributed by atoms with van der Waals surface area (Å²) in [7, 11) is 1.82. The maximum atomic E-state index is 13.6. The molecule has 8 heteroatoms. The Morgan fingerprint density at radius 2 is 2.09 bits per heavy atom. The molecule has 1 aliphatic carbocycles. The number of rotatable bonds is 6. The van der Waals surface area contributed by atoms with Crippen LogP contribution in [0.3, 0.4) is 0 Å². The predicted molar refractivity (Wildman–Crippen MR) is 133 cm³/mol. The van der Waals surface area contributed by atoms with Gasteiger partial charge >= 0.3 is 0 Å². The lowest BCUT2D eigenvalue weighted by molar-refractivity contribution is -0.138. The summed E-state index contributed by atoms with van der Waals surface area (Å²) in [4.78, 5) is 34.8. The molecular weight excluding hydrogens is 446 g/mol. The van der Waals surface area contributed by atoms with Crippen molar-refractivity contribution in [1.29, 1.82) is 0 Å². The zero-order valence-corrected chi connectivity index (χ0v) is 21.2. The Hall–Kier alpha value is -2.45. The Labute approximate surface area is 208 Å². The van der Waals surface area contributed by atoms with Crippen LogP contribution < -0.4 is 4.74 Å². The quantitative estimate of drug-likeness (QED) is 0.666. The fourth-order valence-electron chi connectivity index (χ4n) is 5.21. The number of carbonyl (C=O) groups is 2. The molecule has 0 aromatic carbocycles. The third-order valence-electron chi connectivity index (χ3n) is 7.58. The van der Waals surface area contributed by atoms with Gasteiger partial charge in [0.15, 0.2) is 0 Å². The molecule has 192 valence electrons. The molecule has 2 aliphatic heterocycles. The third-order valence-corrected chi connectivity index (χ3v) is 7.58. The molecule has 0 saturated carbocycles. The van der Waals surface area contributed by atoms with Crippen LogP contribution in [0.15, 0.2) is 18.3 Å². The molecule has 4 rings (SSSR count). The third kappa shape index (κ3) is 5.86. The van der Waals surface area contributed by atoms with Gasteiger partial charge in [0.1, 0.15) is 11.7 Å². The number of carbonyl (C=O) groups excluding carboxylic acids is 2. The number of aromatic nitrogens is 1. The standard InChI is InChI=1S/C27H39N3O5/c1-18-15-30(19(2)17-31)27(33)23-13-22(20-7-5-4-6-8-20)14-28-25(23)35-24(18)16-29(3)26(32)21-9-11-34-12-10-21/h7,13-14,18-19,21,24,31H,4-6,8-12,15-17H2,1-3H3/t18-,19-,24-/m0/s1. The number of pyridine rings is 1. The van der Waals surface area contributed by atoms with Crippen molar-refractivity contribution in [2.75, 3.05) is 40.0 Å². The first kappa shape index (κ1) is 25.6. The van der Waals surface area contributed by atoms with Gasteiger partial charge in [-0.1, -0.05) is 13.0 Å². The molecule has 0 bridgehead atoms. The second-order valence-electron chi connectivity index (χ2n) is 10.3. The van der Waals surface area contributed by atoms with Crippen molar-refractivity contribution in [3.05, 3.63) is 29.5 Å². The Balaban J connectivity index is 1.62. The van der Waals surface area contributed by atoms with E-state index in [4.69, 9.17) is 9.47 Å². The van der Waals surface area contributed by atoms with E-state index in [2.05, 4.69) is 11.1 Å². The van der Waals surface area contributed by atoms with Crippen LogP contribution in [-0.2, 0) is 9.53 Å². The minimum Gasteiger partial charge on any atom is -0.472 e. The van der Waals surface area contributed by atoms with E-state index in [0.29, 0.717) is 37.7 Å². The average molecular weight is 486 g/mol. The molecule has 1 fully saturated rings. The van der Waals surface area contributed by atoms with Gasteiger partial charge in [0.05, 0.1) is 19.2 Å². The van der Waals surface area contributed by atoms with Crippen LogP contribution in [-0.4, -0.2) is 83.8 Å². The zero-order valence-electron chi connectivity index (χ0n) is 21.2. The van der Waals surface area contributed by atoms with Gasteiger partial charge in [-0.2, -0.15) is 0 Å². The number of aliphatic hydroxyl groups excluding tert-OH is 1. The summed E-state index contributed by atoms with van der Waals surface area (Å²) in [6, 6.07) is 1.55. The first-order valence-corrected chi connectivity index (χ1v) is 13.0. The first-order valence-electron chi connectivity index (χ1n) is 13.0. The number of fused-ring (bicyclic) bond motifs is 1. The van der Waals surface area contributed by atoms with E-state index in [9.17, 15) is 14.7 Å². The summed E-state index contributed by atoms with van der Waals surface area (Å²) in [5.41, 5.74) is 2.59. The molecule has 1 aromatic heterocycles. The lowest BCUT2D eigenvalue weighted by Crippen LogP contribution is -2.51. The Morgan fingerprint density at radius 1 is 1.31 bits per heavy atom. The number of hydrogen-bond acceptors (Lipinski definition) is 6. The molecule has 1 aromatic rings. The van der Waals surface area contributed by atoms with Crippen LogP contribution in [0, 0.1) is 11.8 Å². The molecular formula is C27H39N3O5. The van der Waals surface area contributed by atoms with Crippen LogP contribution in [0.1, 0.15) is 68.3 Å². The fraction of sp³-hybridized carbons (Fsp3) is 0.667. The topological polar surface area (TPSA) is 92.2 Å². The maximum Gasteiger partial charge on any atom is 0.259 e. The monoisotopic (exact) mass is 485 g/mol. The summed E-state index contributed by atoms with van der Waals surface area (Å²) in [6.45, 7) is 5.81. The van der Waals surface area contributed by atoms with E-state index in [1.807, 2.05) is 27.0 Å². The fourth-order valence-corrected chi connectivity index (χ4v) is 5.21. The van der Waals surface area contributed by atoms with Crippen LogP contribution in [0.2, 0.25) is 0 Å². The molecule has 0 spiro atoms. The molecule has 3 atom stereocenters. The molecule has 3 aliphatic rings. The van der Waals surface area contributed by atoms with Crippen LogP contribution in [0.4, 0.5) is 0 Å². The highest BCUT2D eigenvalue weighted by Gasteiger charge is 2.35. The molecule has 1 saturated heterocycles. The molecule has 0 unspecified atom stereocenters. The van der Waals surface area contributed by atoms with Gasteiger partial charge in [-0.15, -0.1) is 0 Å². The van der Waals surface area contributed by atoms with Crippen molar-refractivity contribution >= 4 is 17.4 Å². The van der Waals surface area contributed by atoms with E-state index in [1.165, 1.54) is 12.0 Å². The normalized spacial score (nSPS) is 24.5. The summed E-state index contributed by atoms with van der Waals surface area (Å²) in [6.07, 6.45) is 9.51. The summed E-state index contributed by atoms with van der Waals surface area (Å²) < 4.78 is 11.8. The smallest absolute Gasteiger partial charge is 0.259 e. The summed E-state index contributed by atoms with van der Waals surface area (Å²) in [5.74, 6) is 0.143. The molecule has 8 nitrogen and oxygen atoms in total. The minimum absolute atomic E-state index is 0.0261. The van der Waals surface area contributed by atoms with Gasteiger partial charge in [-0.05, 0) is 62.7 Å². The van der Waals surface area contributed by atoms with Crippen LogP contribution >= 0.6 is 0 Å². The number of amides is 2. The summed E-state index contributed by atoms with van der Waals surface area (Å²) >= 11 is 0. The first-order chi connectivity index (χ1) is 16.9.